The van der Waals surface area contributed by atoms with Gasteiger partial charge in [0.05, 0.1) is 80.8 Å². The average Bonchev–Trinajstić information content (AvgIpc) is 2.58. The van der Waals surface area contributed by atoms with Gasteiger partial charge in [0, 0.05) is 0 Å². The minimum atomic E-state index is 0. The molecular weight excluding hydrogens is 394 g/mol. The van der Waals surface area contributed by atoms with E-state index in [2.05, 4.69) is 55.9 Å². The molecule has 0 aliphatic rings. The van der Waals surface area contributed by atoms with Gasteiger partial charge in [-0.2, -0.15) is 0 Å². The molecule has 0 amide bonds. The number of hydrogen-bond donors (Lipinski definition) is 4. The fourth-order valence-electron chi connectivity index (χ4n) is 2.86. The lowest BCUT2D eigenvalue weighted by Crippen LogP contribution is -2.54. The Morgan fingerprint density at radius 3 is 0.667 bits per heavy atom. The number of rotatable bonds is 12. The number of nitrogens with zero attached hydrogens (tertiary/aromatic N) is 3. The Morgan fingerprint density at radius 2 is 0.600 bits per heavy atom. The zero-order valence-corrected chi connectivity index (χ0v) is 21.0. The summed E-state index contributed by atoms with van der Waals surface area (Å²) >= 11 is 0. The van der Waals surface area contributed by atoms with Crippen LogP contribution in [0.5, 0.6) is 0 Å². The van der Waals surface area contributed by atoms with Crippen molar-refractivity contribution >= 4 is 0 Å². The number of aliphatic hydroxyl groups is 4. The first-order chi connectivity index (χ1) is 12.5. The van der Waals surface area contributed by atoms with Crippen molar-refractivity contribution in [2.75, 3.05) is 107 Å². The van der Waals surface area contributed by atoms with Crippen molar-refractivity contribution in [3.8, 4) is 0 Å². The number of hydrogen-bond acceptors (Lipinski definition) is 7. The maximum Gasteiger partial charge on any atom is 0.102 e. The lowest BCUT2D eigenvalue weighted by atomic mass is 10.3. The van der Waals surface area contributed by atoms with Crippen LogP contribution in [0.1, 0.15) is 27.7 Å². The molecular formula is C20H55N3O7. The minimum absolute atomic E-state index is 0. The topological polar surface area (TPSA) is 171 Å². The van der Waals surface area contributed by atoms with Gasteiger partial charge in [0.15, 0.2) is 0 Å². The van der Waals surface area contributed by atoms with Crippen LogP contribution in [0.4, 0.5) is 0 Å². The largest absolute Gasteiger partial charge is 0.870 e. The summed E-state index contributed by atoms with van der Waals surface area (Å²) < 4.78 is 2.65. The van der Waals surface area contributed by atoms with Crippen LogP contribution in [-0.4, -0.2) is 157 Å². The summed E-state index contributed by atoms with van der Waals surface area (Å²) in [6.45, 7) is 16.1. The molecule has 0 saturated heterocycles. The summed E-state index contributed by atoms with van der Waals surface area (Å²) in [5, 5.41) is 35.3. The van der Waals surface area contributed by atoms with E-state index in [1.807, 2.05) is 0 Å². The van der Waals surface area contributed by atoms with E-state index in [4.69, 9.17) is 20.4 Å². The van der Waals surface area contributed by atoms with E-state index >= 15 is 0 Å². The molecule has 0 aromatic rings. The fraction of sp³-hybridized carbons (Fsp3) is 1.00. The molecule has 10 heteroatoms. The number of aliphatic hydroxyl groups excluding tert-OH is 4. The van der Waals surface area contributed by atoms with Gasteiger partial charge in [-0.1, -0.05) is 0 Å². The van der Waals surface area contributed by atoms with E-state index in [1.54, 1.807) is 0 Å². The Labute approximate surface area is 185 Å². The maximum absolute atomic E-state index is 8.82. The molecule has 0 fully saturated rings. The van der Waals surface area contributed by atoms with Gasteiger partial charge >= 0.3 is 0 Å². The highest BCUT2D eigenvalue weighted by atomic mass is 16.3. The van der Waals surface area contributed by atoms with Crippen LogP contribution < -0.4 is 0 Å². The van der Waals surface area contributed by atoms with Crippen molar-refractivity contribution in [1.29, 1.82) is 0 Å². The highest BCUT2D eigenvalue weighted by Gasteiger charge is 2.24. The van der Waals surface area contributed by atoms with E-state index in [0.29, 0.717) is 30.7 Å². The summed E-state index contributed by atoms with van der Waals surface area (Å²) in [5.74, 6) is 0. The molecule has 0 aromatic heterocycles. The monoisotopic (exact) mass is 449 g/mol. The van der Waals surface area contributed by atoms with Crippen LogP contribution in [-0.2, 0) is 0 Å². The molecule has 0 rings (SSSR count). The second kappa shape index (κ2) is 24.9. The van der Waals surface area contributed by atoms with Crippen molar-refractivity contribution in [3.05, 3.63) is 0 Å². The highest BCUT2D eigenvalue weighted by Crippen LogP contribution is 2.05. The Bertz CT molecular complexity index is 260. The van der Waals surface area contributed by atoms with Gasteiger partial charge in [-0.25, -0.2) is 0 Å². The lowest BCUT2D eigenvalue weighted by molar-refractivity contribution is -0.929. The van der Waals surface area contributed by atoms with Gasteiger partial charge in [0.1, 0.15) is 26.2 Å². The molecule has 0 bridgehead atoms. The van der Waals surface area contributed by atoms with E-state index in [0.717, 1.165) is 4.48 Å². The van der Waals surface area contributed by atoms with Crippen molar-refractivity contribution in [3.63, 3.8) is 0 Å². The summed E-state index contributed by atoms with van der Waals surface area (Å²) in [7, 11) is 8.50. The molecule has 0 radical (unpaired) electrons. The standard InChI is InChI=1S/C8H20NO4.C8H20N.C4H12N.3H2O/c10-5-1-9(2-6-11,3-7-12)4-8-13;1-5-9(6-2,7-3)8-4;1-5(2,3)4;;;/h10-13H,1-8H2;5-8H2,1-4H3;1-4H3;3*1H2/q3*+1;;;/p-3. The molecule has 0 aliphatic heterocycles. The molecule has 0 unspecified atom stereocenters. The molecule has 7 N–H and O–H groups in total. The van der Waals surface area contributed by atoms with Gasteiger partial charge in [0.25, 0.3) is 0 Å². The SMILES string of the molecule is CC[N+](CC)(CC)CC.C[N+](C)(C)C.OCC[N+](CCO)(CCO)CCO.[OH-].[OH-].[OH-]. The first-order valence-corrected chi connectivity index (χ1v) is 10.4. The van der Waals surface area contributed by atoms with Crippen LogP contribution in [0, 0.1) is 0 Å². The zero-order valence-electron chi connectivity index (χ0n) is 21.0. The molecule has 0 aromatic carbocycles. The van der Waals surface area contributed by atoms with Gasteiger partial charge in [0.2, 0.25) is 0 Å². The van der Waals surface area contributed by atoms with Crippen LogP contribution in [0.2, 0.25) is 0 Å². The van der Waals surface area contributed by atoms with E-state index in [1.165, 1.54) is 30.7 Å². The highest BCUT2D eigenvalue weighted by molar-refractivity contribution is 4.44. The Balaban J connectivity index is -0.0000000748. The normalized spacial score (nSPS) is 10.8. The summed E-state index contributed by atoms with van der Waals surface area (Å²) in [6, 6.07) is 0. The molecule has 192 valence electrons. The molecule has 0 saturated carbocycles. The summed E-state index contributed by atoms with van der Waals surface area (Å²) in [5.41, 5.74) is 0. The van der Waals surface area contributed by atoms with Crippen LogP contribution in [0.3, 0.4) is 0 Å². The second-order valence-corrected chi connectivity index (χ2v) is 8.42. The quantitative estimate of drug-likeness (QED) is 0.289. The summed E-state index contributed by atoms with van der Waals surface area (Å²) in [6.07, 6.45) is 0. The molecule has 30 heavy (non-hydrogen) atoms. The van der Waals surface area contributed by atoms with Crippen molar-refractivity contribution in [2.45, 2.75) is 27.7 Å². The number of quaternary nitrogens is 3. The van der Waals surface area contributed by atoms with Crippen molar-refractivity contribution in [2.24, 2.45) is 0 Å². The average molecular weight is 450 g/mol. The summed E-state index contributed by atoms with van der Waals surface area (Å²) in [4.78, 5) is 0. The van der Waals surface area contributed by atoms with Gasteiger partial charge in [-0.05, 0) is 27.7 Å². The zero-order chi connectivity index (χ0) is 22.0. The van der Waals surface area contributed by atoms with Crippen molar-refractivity contribution < 1.29 is 50.3 Å². The van der Waals surface area contributed by atoms with Gasteiger partial charge < -0.3 is 50.3 Å². The smallest absolute Gasteiger partial charge is 0.102 e. The van der Waals surface area contributed by atoms with E-state index in [9.17, 15) is 0 Å². The van der Waals surface area contributed by atoms with E-state index in [-0.39, 0.29) is 42.9 Å². The Hall–Kier alpha value is -0.400. The first-order valence-electron chi connectivity index (χ1n) is 10.4. The molecule has 0 heterocycles. The lowest BCUT2D eigenvalue weighted by Gasteiger charge is -2.36. The molecule has 10 nitrogen and oxygen atoms in total. The maximum atomic E-state index is 8.82. The van der Waals surface area contributed by atoms with Gasteiger partial charge in [-0.3, -0.25) is 0 Å². The molecule has 0 spiro atoms. The predicted octanol–water partition coefficient (Wildman–Crippen LogP) is -0.553. The third-order valence-corrected chi connectivity index (χ3v) is 4.98. The minimum Gasteiger partial charge on any atom is -0.870 e. The van der Waals surface area contributed by atoms with Crippen molar-refractivity contribution in [1.82, 2.24) is 0 Å². The van der Waals surface area contributed by atoms with Crippen LogP contribution in [0.25, 0.3) is 0 Å². The van der Waals surface area contributed by atoms with E-state index < -0.39 is 0 Å². The third kappa shape index (κ3) is 25.6. The third-order valence-electron chi connectivity index (χ3n) is 4.98. The second-order valence-electron chi connectivity index (χ2n) is 8.42. The first kappa shape index (κ1) is 43.5. The van der Waals surface area contributed by atoms with Crippen LogP contribution >= 0.6 is 0 Å². The molecule has 0 aliphatic carbocycles. The predicted molar refractivity (Wildman–Crippen MR) is 120 cm³/mol. The Morgan fingerprint density at radius 1 is 0.433 bits per heavy atom. The van der Waals surface area contributed by atoms with Crippen LogP contribution in [0.15, 0.2) is 0 Å². The molecule has 0 atom stereocenters. The fourth-order valence-corrected chi connectivity index (χ4v) is 2.86. The Kier molecular flexibility index (Phi) is 36.0. The van der Waals surface area contributed by atoms with Gasteiger partial charge in [-0.15, -0.1) is 0 Å².